The molecular weight excluding hydrogens is 565 g/mol. The second-order valence-corrected chi connectivity index (χ2v) is 12.5. The summed E-state index contributed by atoms with van der Waals surface area (Å²) in [6.07, 6.45) is 0.484. The van der Waals surface area contributed by atoms with E-state index in [1.807, 2.05) is 18.2 Å². The molecular formula is C29H24ClF3N2O4S. The minimum Gasteiger partial charge on any atom is -0.457 e. The minimum absolute atomic E-state index is 0.0846. The van der Waals surface area contributed by atoms with Crippen LogP contribution in [0.5, 0.6) is 11.5 Å². The lowest BCUT2D eigenvalue weighted by molar-refractivity contribution is -0.137. The summed E-state index contributed by atoms with van der Waals surface area (Å²) in [5.74, 6) is 1.20. The van der Waals surface area contributed by atoms with Crippen LogP contribution in [-0.4, -0.2) is 30.0 Å². The normalized spacial score (nSPS) is 21.2. The van der Waals surface area contributed by atoms with Gasteiger partial charge in [-0.05, 0) is 78.6 Å². The third kappa shape index (κ3) is 5.46. The standard InChI is InChI=1S/C29H24ClF3N2O4S/c1-28(40(37,38)35-18-26(34-27(35)36)20-4-2-6-22(16-20)29(31,32)33)15-3-5-21(17-28)19-7-11-24(12-8-19)39-25-13-9-23(30)10-14-25/h2-16,26H,17-18H2,1H3,(H,34,36). The average molecular weight is 589 g/mol. The van der Waals surface area contributed by atoms with Gasteiger partial charge in [-0.25, -0.2) is 17.5 Å². The van der Waals surface area contributed by atoms with Gasteiger partial charge in [-0.15, -0.1) is 0 Å². The number of hydrogen-bond acceptors (Lipinski definition) is 4. The van der Waals surface area contributed by atoms with E-state index in [-0.39, 0.29) is 18.5 Å². The van der Waals surface area contributed by atoms with Crippen LogP contribution in [0.4, 0.5) is 18.0 Å². The quantitative estimate of drug-likeness (QED) is 0.327. The lowest BCUT2D eigenvalue weighted by Gasteiger charge is -2.33. The van der Waals surface area contributed by atoms with Crippen LogP contribution in [0.15, 0.2) is 91.0 Å². The third-order valence-corrected chi connectivity index (χ3v) is 9.54. The van der Waals surface area contributed by atoms with Crippen LogP contribution in [0, 0.1) is 0 Å². The number of amides is 2. The van der Waals surface area contributed by atoms with E-state index in [2.05, 4.69) is 5.32 Å². The van der Waals surface area contributed by atoms with Crippen molar-refractivity contribution in [3.8, 4) is 11.5 Å². The topological polar surface area (TPSA) is 75.7 Å². The zero-order valence-electron chi connectivity index (χ0n) is 21.2. The molecule has 2 amide bonds. The van der Waals surface area contributed by atoms with Crippen molar-refractivity contribution in [2.24, 2.45) is 0 Å². The van der Waals surface area contributed by atoms with Crippen LogP contribution < -0.4 is 10.1 Å². The first-order chi connectivity index (χ1) is 18.9. The van der Waals surface area contributed by atoms with Crippen LogP contribution in [0.3, 0.4) is 0 Å². The van der Waals surface area contributed by atoms with Crippen LogP contribution in [-0.2, 0) is 16.2 Å². The number of sulfonamides is 1. The Bertz CT molecular complexity index is 1600. The summed E-state index contributed by atoms with van der Waals surface area (Å²) in [6.45, 7) is 1.20. The number of allylic oxidation sites excluding steroid dienone is 3. The van der Waals surface area contributed by atoms with Crippen molar-refractivity contribution in [1.82, 2.24) is 9.62 Å². The van der Waals surface area contributed by atoms with E-state index in [1.165, 1.54) is 25.1 Å². The van der Waals surface area contributed by atoms with Crippen molar-refractivity contribution in [3.63, 3.8) is 0 Å². The van der Waals surface area contributed by atoms with Crippen LogP contribution in [0.2, 0.25) is 5.02 Å². The van der Waals surface area contributed by atoms with Gasteiger partial charge in [0.25, 0.3) is 0 Å². The first kappa shape index (κ1) is 27.8. The van der Waals surface area contributed by atoms with Crippen molar-refractivity contribution in [2.45, 2.75) is 30.3 Å². The van der Waals surface area contributed by atoms with Gasteiger partial charge in [0.2, 0.25) is 10.0 Å². The number of hydrogen-bond donors (Lipinski definition) is 1. The van der Waals surface area contributed by atoms with E-state index >= 15 is 0 Å². The van der Waals surface area contributed by atoms with Crippen molar-refractivity contribution in [2.75, 3.05) is 6.54 Å². The highest BCUT2D eigenvalue weighted by molar-refractivity contribution is 7.91. The van der Waals surface area contributed by atoms with E-state index in [0.29, 0.717) is 20.8 Å². The largest absolute Gasteiger partial charge is 0.457 e. The van der Waals surface area contributed by atoms with Gasteiger partial charge in [-0.1, -0.05) is 54.1 Å². The maximum absolute atomic E-state index is 13.8. The van der Waals surface area contributed by atoms with E-state index in [9.17, 15) is 26.4 Å². The Labute approximate surface area is 234 Å². The molecule has 1 aliphatic carbocycles. The fourth-order valence-corrected chi connectivity index (χ4v) is 6.54. The Morgan fingerprint density at radius 1 is 1.02 bits per heavy atom. The Morgan fingerprint density at radius 2 is 1.68 bits per heavy atom. The second kappa shape index (κ2) is 10.3. The Kier molecular flexibility index (Phi) is 7.18. The van der Waals surface area contributed by atoms with Crippen molar-refractivity contribution >= 4 is 33.2 Å². The molecule has 1 N–H and O–H groups in total. The maximum Gasteiger partial charge on any atom is 0.416 e. The number of nitrogens with zero attached hydrogens (tertiary/aromatic N) is 1. The second-order valence-electron chi connectivity index (χ2n) is 9.78. The highest BCUT2D eigenvalue weighted by Gasteiger charge is 2.48. The number of benzene rings is 3. The number of carbonyl (C=O) groups excluding carboxylic acids is 1. The van der Waals surface area contributed by atoms with Crippen LogP contribution in [0.25, 0.3) is 5.57 Å². The summed E-state index contributed by atoms with van der Waals surface area (Å²) in [6, 6.07) is 16.8. The van der Waals surface area contributed by atoms with Crippen molar-refractivity contribution in [3.05, 3.63) is 113 Å². The molecule has 0 aromatic heterocycles. The number of urea groups is 1. The SMILES string of the molecule is CC1(S(=O)(=O)N2CC(c3cccc(C(F)(F)F)c3)NC2=O)C=CC=C(c2ccc(Oc3ccc(Cl)cc3)cc2)C1. The summed E-state index contributed by atoms with van der Waals surface area (Å²) < 4.78 is 72.1. The Morgan fingerprint density at radius 3 is 2.33 bits per heavy atom. The highest BCUT2D eigenvalue weighted by Crippen LogP contribution is 2.40. The van der Waals surface area contributed by atoms with E-state index in [1.54, 1.807) is 42.5 Å². The van der Waals surface area contributed by atoms with Gasteiger partial charge in [-0.3, -0.25) is 0 Å². The summed E-state index contributed by atoms with van der Waals surface area (Å²) in [7, 11) is -4.25. The van der Waals surface area contributed by atoms with Gasteiger partial charge in [0, 0.05) is 5.02 Å². The van der Waals surface area contributed by atoms with Crippen molar-refractivity contribution < 1.29 is 31.1 Å². The first-order valence-corrected chi connectivity index (χ1v) is 14.1. The monoisotopic (exact) mass is 588 g/mol. The van der Waals surface area contributed by atoms with Gasteiger partial charge in [0.05, 0.1) is 18.2 Å². The third-order valence-electron chi connectivity index (χ3n) is 6.93. The van der Waals surface area contributed by atoms with Gasteiger partial charge in [0.1, 0.15) is 16.2 Å². The Hall–Kier alpha value is -3.76. The summed E-state index contributed by atoms with van der Waals surface area (Å²) in [5, 5.41) is 3.11. The number of carbonyl (C=O) groups is 1. The summed E-state index contributed by atoms with van der Waals surface area (Å²) >= 11 is 5.91. The number of halogens is 4. The molecule has 1 saturated heterocycles. The molecule has 0 saturated carbocycles. The van der Waals surface area contributed by atoms with Crippen molar-refractivity contribution in [1.29, 1.82) is 0 Å². The molecule has 0 radical (unpaired) electrons. The molecule has 1 aliphatic heterocycles. The Balaban J connectivity index is 1.32. The molecule has 1 fully saturated rings. The molecule has 2 unspecified atom stereocenters. The molecule has 3 aromatic rings. The molecule has 3 aromatic carbocycles. The molecule has 5 rings (SSSR count). The van der Waals surface area contributed by atoms with Gasteiger partial charge in [0.15, 0.2) is 0 Å². The zero-order valence-corrected chi connectivity index (χ0v) is 22.7. The molecule has 0 bridgehead atoms. The fourth-order valence-electron chi connectivity index (χ4n) is 4.71. The summed E-state index contributed by atoms with van der Waals surface area (Å²) in [5.41, 5.74) is 0.816. The lowest BCUT2D eigenvalue weighted by atomic mass is 9.90. The molecule has 2 atom stereocenters. The number of ether oxygens (including phenoxy) is 1. The molecule has 40 heavy (non-hydrogen) atoms. The van der Waals surface area contributed by atoms with Crippen LogP contribution >= 0.6 is 11.6 Å². The first-order valence-electron chi connectivity index (χ1n) is 12.3. The minimum atomic E-state index is -4.56. The zero-order chi connectivity index (χ0) is 28.7. The van der Waals surface area contributed by atoms with E-state index < -0.39 is 38.6 Å². The number of alkyl halides is 3. The molecule has 208 valence electrons. The number of nitrogens with one attached hydrogen (secondary N) is 1. The molecule has 1 heterocycles. The summed E-state index contributed by atoms with van der Waals surface area (Å²) in [4.78, 5) is 12.8. The van der Waals surface area contributed by atoms with Gasteiger partial charge < -0.3 is 10.1 Å². The smallest absolute Gasteiger partial charge is 0.416 e. The number of rotatable bonds is 6. The lowest BCUT2D eigenvalue weighted by Crippen LogP contribution is -2.47. The predicted octanol–water partition coefficient (Wildman–Crippen LogP) is 7.35. The van der Waals surface area contributed by atoms with Gasteiger partial charge >= 0.3 is 12.2 Å². The van der Waals surface area contributed by atoms with Gasteiger partial charge in [-0.2, -0.15) is 13.2 Å². The molecule has 6 nitrogen and oxygen atoms in total. The fraction of sp³-hybridized carbons (Fsp3) is 0.207. The maximum atomic E-state index is 13.8. The predicted molar refractivity (Wildman–Crippen MR) is 146 cm³/mol. The molecule has 11 heteroatoms. The van der Waals surface area contributed by atoms with E-state index in [0.717, 1.165) is 23.3 Å². The molecule has 2 aliphatic rings. The highest BCUT2D eigenvalue weighted by atomic mass is 35.5. The average Bonchev–Trinajstić information content (AvgIpc) is 3.32. The van der Waals surface area contributed by atoms with Crippen LogP contribution in [0.1, 0.15) is 36.1 Å². The molecule has 0 spiro atoms. The van der Waals surface area contributed by atoms with E-state index in [4.69, 9.17) is 16.3 Å².